The van der Waals surface area contributed by atoms with Gasteiger partial charge < -0.3 is 4.90 Å². The van der Waals surface area contributed by atoms with Crippen molar-refractivity contribution in [2.45, 2.75) is 33.9 Å². The Hall–Kier alpha value is -3.86. The van der Waals surface area contributed by atoms with Crippen LogP contribution in [0.2, 0.25) is 4.34 Å². The monoisotopic (exact) mass is 605 g/mol. The Kier molecular flexibility index (Phi) is 8.08. The van der Waals surface area contributed by atoms with Crippen molar-refractivity contribution in [2.75, 3.05) is 11.9 Å². The predicted molar refractivity (Wildman–Crippen MR) is 165 cm³/mol. The zero-order chi connectivity index (χ0) is 29.3. The molecule has 0 amide bonds. The molecule has 0 radical (unpaired) electrons. The SMILES string of the molecule is CN(Cc1ccc(Cl)s1)c1cc(-c2ccc(-c3ccncc3)n(CC(=O)c3cccs3)c2=O)nn1C(=O)C(C)(C)C. The second-order valence-electron chi connectivity index (χ2n) is 10.6. The molecule has 5 rings (SSSR count). The summed E-state index contributed by atoms with van der Waals surface area (Å²) in [4.78, 5) is 48.3. The first-order valence-corrected chi connectivity index (χ1v) is 14.9. The molecule has 0 saturated heterocycles. The fourth-order valence-electron chi connectivity index (χ4n) is 4.36. The topological polar surface area (TPSA) is 90.1 Å². The second kappa shape index (κ2) is 11.6. The first kappa shape index (κ1) is 28.7. The molecule has 11 heteroatoms. The smallest absolute Gasteiger partial charge is 0.260 e. The van der Waals surface area contributed by atoms with Crippen molar-refractivity contribution < 1.29 is 9.59 Å². The third kappa shape index (κ3) is 6.09. The minimum atomic E-state index is -0.719. The molecule has 0 aromatic carbocycles. The van der Waals surface area contributed by atoms with Gasteiger partial charge in [-0.1, -0.05) is 38.4 Å². The van der Waals surface area contributed by atoms with Gasteiger partial charge in [-0.05, 0) is 47.8 Å². The summed E-state index contributed by atoms with van der Waals surface area (Å²) in [6.07, 6.45) is 3.28. The van der Waals surface area contributed by atoms with E-state index >= 15 is 0 Å². The number of hydrogen-bond donors (Lipinski definition) is 0. The fraction of sp³-hybridized carbons (Fsp3) is 0.233. The third-order valence-electron chi connectivity index (χ3n) is 6.46. The van der Waals surface area contributed by atoms with Crippen LogP contribution in [-0.2, 0) is 13.1 Å². The van der Waals surface area contributed by atoms with E-state index in [1.54, 1.807) is 48.8 Å². The number of nitrogens with zero attached hydrogens (tertiary/aromatic N) is 5. The number of Topliss-reactive ketones (excluding diaryl/α,β-unsaturated/α-hetero) is 1. The van der Waals surface area contributed by atoms with Crippen LogP contribution in [-0.4, -0.2) is 38.1 Å². The van der Waals surface area contributed by atoms with Crippen LogP contribution in [0.15, 0.2) is 77.2 Å². The van der Waals surface area contributed by atoms with Crippen molar-refractivity contribution in [1.29, 1.82) is 0 Å². The molecule has 210 valence electrons. The molecule has 0 fully saturated rings. The molecule has 5 aromatic rings. The average molecular weight is 606 g/mol. The largest absolute Gasteiger partial charge is 0.354 e. The summed E-state index contributed by atoms with van der Waals surface area (Å²) in [6.45, 7) is 5.84. The molecule has 41 heavy (non-hydrogen) atoms. The van der Waals surface area contributed by atoms with Gasteiger partial charge in [-0.15, -0.1) is 22.7 Å². The highest BCUT2D eigenvalue weighted by atomic mass is 35.5. The molecule has 0 aliphatic heterocycles. The summed E-state index contributed by atoms with van der Waals surface area (Å²) in [5, 5.41) is 6.48. The Bertz CT molecular complexity index is 1770. The molecule has 0 N–H and O–H groups in total. The van der Waals surface area contributed by atoms with Crippen molar-refractivity contribution in [1.82, 2.24) is 19.3 Å². The molecule has 5 heterocycles. The van der Waals surface area contributed by atoms with Gasteiger partial charge in [0.25, 0.3) is 11.5 Å². The first-order valence-electron chi connectivity index (χ1n) is 12.8. The summed E-state index contributed by atoms with van der Waals surface area (Å²) in [7, 11) is 1.87. The molecular weight excluding hydrogens is 578 g/mol. The van der Waals surface area contributed by atoms with Gasteiger partial charge in [-0.2, -0.15) is 9.78 Å². The molecule has 5 aromatic heterocycles. The van der Waals surface area contributed by atoms with Crippen molar-refractivity contribution in [3.8, 4) is 22.5 Å². The van der Waals surface area contributed by atoms with E-state index in [4.69, 9.17) is 11.6 Å². The quantitative estimate of drug-likeness (QED) is 0.182. The number of ketones is 1. The lowest BCUT2D eigenvalue weighted by Crippen LogP contribution is -2.31. The Labute approximate surface area is 250 Å². The van der Waals surface area contributed by atoms with Gasteiger partial charge in [0.05, 0.1) is 33.6 Å². The predicted octanol–water partition coefficient (Wildman–Crippen LogP) is 6.76. The lowest BCUT2D eigenvalue weighted by Gasteiger charge is -2.22. The number of halogens is 1. The number of rotatable bonds is 8. The van der Waals surface area contributed by atoms with E-state index in [1.807, 2.05) is 56.3 Å². The van der Waals surface area contributed by atoms with Crippen LogP contribution in [0, 0.1) is 5.41 Å². The van der Waals surface area contributed by atoms with Crippen molar-refractivity contribution in [2.24, 2.45) is 5.41 Å². The zero-order valence-corrected chi connectivity index (χ0v) is 25.4. The highest BCUT2D eigenvalue weighted by Crippen LogP contribution is 2.30. The van der Waals surface area contributed by atoms with Gasteiger partial charge in [-0.25, -0.2) is 0 Å². The first-order chi connectivity index (χ1) is 19.5. The van der Waals surface area contributed by atoms with Crippen molar-refractivity contribution >= 4 is 51.8 Å². The van der Waals surface area contributed by atoms with Gasteiger partial charge in [0, 0.05) is 41.4 Å². The van der Waals surface area contributed by atoms with E-state index in [9.17, 15) is 14.4 Å². The maximum absolute atomic E-state index is 14.1. The maximum Gasteiger partial charge on any atom is 0.260 e. The number of carbonyl (C=O) groups is 2. The molecule has 0 saturated carbocycles. The van der Waals surface area contributed by atoms with Crippen LogP contribution in [0.4, 0.5) is 5.82 Å². The van der Waals surface area contributed by atoms with E-state index in [2.05, 4.69) is 10.1 Å². The minimum Gasteiger partial charge on any atom is -0.354 e. The highest BCUT2D eigenvalue weighted by molar-refractivity contribution is 7.16. The van der Waals surface area contributed by atoms with E-state index < -0.39 is 5.41 Å². The lowest BCUT2D eigenvalue weighted by atomic mass is 9.96. The fourth-order valence-corrected chi connectivity index (χ4v) is 6.16. The minimum absolute atomic E-state index is 0.141. The molecule has 0 bridgehead atoms. The normalized spacial score (nSPS) is 11.5. The van der Waals surface area contributed by atoms with Crippen LogP contribution < -0.4 is 10.5 Å². The number of hydrogen-bond acceptors (Lipinski definition) is 8. The van der Waals surface area contributed by atoms with Crippen LogP contribution >= 0.6 is 34.3 Å². The molecule has 0 unspecified atom stereocenters. The van der Waals surface area contributed by atoms with E-state index in [-0.39, 0.29) is 29.4 Å². The van der Waals surface area contributed by atoms with E-state index in [1.165, 1.54) is 31.9 Å². The van der Waals surface area contributed by atoms with E-state index in [0.29, 0.717) is 33.0 Å². The molecule has 0 aliphatic rings. The molecule has 0 spiro atoms. The Balaban J connectivity index is 1.62. The second-order valence-corrected chi connectivity index (χ2v) is 13.3. The number of anilines is 1. The Morgan fingerprint density at radius 3 is 2.44 bits per heavy atom. The van der Waals surface area contributed by atoms with Crippen LogP contribution in [0.25, 0.3) is 22.5 Å². The summed E-state index contributed by atoms with van der Waals surface area (Å²) >= 11 is 8.93. The molecular formula is C30H28ClN5O3S2. The zero-order valence-electron chi connectivity index (χ0n) is 23.0. The van der Waals surface area contributed by atoms with Crippen molar-refractivity contribution in [3.05, 3.63) is 96.8 Å². The van der Waals surface area contributed by atoms with Crippen LogP contribution in [0.5, 0.6) is 0 Å². The van der Waals surface area contributed by atoms with Gasteiger partial charge in [0.1, 0.15) is 11.5 Å². The van der Waals surface area contributed by atoms with Gasteiger partial charge >= 0.3 is 0 Å². The molecule has 0 atom stereocenters. The summed E-state index contributed by atoms with van der Waals surface area (Å²) < 4.78 is 3.51. The van der Waals surface area contributed by atoms with Crippen molar-refractivity contribution in [3.63, 3.8) is 0 Å². The standard InChI is InChI=1S/C30H28ClN5O3S2/c1-30(2,3)29(39)36-27(34(4)17-20-7-10-26(31)41-20)16-22(33-36)21-8-9-23(19-11-13-32-14-12-19)35(28(21)38)18-24(37)25-6-5-15-40-25/h5-16H,17-18H2,1-4H3. The van der Waals surface area contributed by atoms with Gasteiger partial charge in [-0.3, -0.25) is 23.9 Å². The number of aromatic nitrogens is 4. The average Bonchev–Trinajstić information content (AvgIpc) is 3.71. The van der Waals surface area contributed by atoms with Gasteiger partial charge in [0.15, 0.2) is 5.78 Å². The third-order valence-corrected chi connectivity index (χ3v) is 8.59. The maximum atomic E-state index is 14.1. The molecule has 0 aliphatic carbocycles. The Morgan fingerprint density at radius 2 is 1.80 bits per heavy atom. The summed E-state index contributed by atoms with van der Waals surface area (Å²) in [5.41, 5.74) is 0.878. The number of carbonyl (C=O) groups excluding carboxylic acids is 2. The summed E-state index contributed by atoms with van der Waals surface area (Å²) in [6, 6.07) is 16.2. The number of thiophene rings is 2. The highest BCUT2D eigenvalue weighted by Gasteiger charge is 2.29. The molecule has 8 nitrogen and oxygen atoms in total. The Morgan fingerprint density at radius 1 is 1.05 bits per heavy atom. The van der Waals surface area contributed by atoms with Crippen LogP contribution in [0.3, 0.4) is 0 Å². The van der Waals surface area contributed by atoms with E-state index in [0.717, 1.165) is 10.4 Å². The van der Waals surface area contributed by atoms with Gasteiger partial charge in [0.2, 0.25) is 0 Å². The summed E-state index contributed by atoms with van der Waals surface area (Å²) in [5.74, 6) is 0.165. The number of pyridine rings is 2. The lowest BCUT2D eigenvalue weighted by molar-refractivity contribution is 0.0751. The van der Waals surface area contributed by atoms with Crippen LogP contribution in [0.1, 0.15) is 40.1 Å².